The quantitative estimate of drug-likeness (QED) is 0.608. The van der Waals surface area contributed by atoms with Crippen LogP contribution in [0.2, 0.25) is 0 Å². The molecule has 0 fully saturated rings. The van der Waals surface area contributed by atoms with Crippen molar-refractivity contribution in [1.82, 2.24) is 14.7 Å². The number of hydrogen-bond donors (Lipinski definition) is 1. The van der Waals surface area contributed by atoms with E-state index in [-0.39, 0.29) is 5.91 Å². The van der Waals surface area contributed by atoms with Gasteiger partial charge < -0.3 is 10.6 Å². The van der Waals surface area contributed by atoms with Gasteiger partial charge in [0.05, 0.1) is 18.7 Å². The third-order valence-electron chi connectivity index (χ3n) is 6.17. The van der Waals surface area contributed by atoms with Gasteiger partial charge in [-0.3, -0.25) is 19.6 Å². The van der Waals surface area contributed by atoms with Crippen molar-refractivity contribution in [3.63, 3.8) is 0 Å². The molecular formula is C24H26IN5O. The number of nitrogens with zero attached hydrogens (tertiary/aromatic N) is 4. The Balaban J connectivity index is 1.38. The summed E-state index contributed by atoms with van der Waals surface area (Å²) in [5, 5.41) is 0. The number of hydrogen-bond acceptors (Lipinski definition) is 5. The smallest absolute Gasteiger partial charge is 0.259 e. The molecule has 2 N–H and O–H groups in total. The van der Waals surface area contributed by atoms with Crippen LogP contribution in [0.4, 0.5) is 0 Å². The first kappa shape index (κ1) is 20.7. The summed E-state index contributed by atoms with van der Waals surface area (Å²) in [5.41, 5.74) is 11.4. The lowest BCUT2D eigenvalue weighted by Crippen LogP contribution is -2.53. The van der Waals surface area contributed by atoms with E-state index in [0.717, 1.165) is 55.3 Å². The highest BCUT2D eigenvalue weighted by molar-refractivity contribution is 14.1. The van der Waals surface area contributed by atoms with E-state index >= 15 is 0 Å². The maximum absolute atomic E-state index is 13.6. The van der Waals surface area contributed by atoms with Crippen LogP contribution in [0.1, 0.15) is 23.1 Å². The molecule has 7 heteroatoms. The van der Waals surface area contributed by atoms with Crippen molar-refractivity contribution >= 4 is 34.5 Å². The molecule has 0 aliphatic carbocycles. The zero-order chi connectivity index (χ0) is 21.4. The SMILES string of the molecule is NCc1cccc(CN2CCC3=C(C2)C(=O)N(Cc2ccc(I)cc2)C2=NCCN23)c1. The normalized spacial score (nSPS) is 18.9. The van der Waals surface area contributed by atoms with Crippen LogP contribution in [0.3, 0.4) is 0 Å². The molecule has 0 bridgehead atoms. The average Bonchev–Trinajstić information content (AvgIpc) is 3.28. The minimum atomic E-state index is 0.103. The molecule has 0 aromatic heterocycles. The minimum Gasteiger partial charge on any atom is -0.326 e. The molecule has 5 rings (SSSR count). The summed E-state index contributed by atoms with van der Waals surface area (Å²) in [4.78, 5) is 24.8. The predicted octanol–water partition coefficient (Wildman–Crippen LogP) is 2.92. The molecule has 6 nitrogen and oxygen atoms in total. The van der Waals surface area contributed by atoms with E-state index in [1.165, 1.54) is 14.8 Å². The van der Waals surface area contributed by atoms with Crippen LogP contribution >= 0.6 is 22.6 Å². The van der Waals surface area contributed by atoms with Crippen molar-refractivity contribution in [3.05, 3.63) is 80.1 Å². The highest BCUT2D eigenvalue weighted by Crippen LogP contribution is 2.32. The van der Waals surface area contributed by atoms with Crippen molar-refractivity contribution in [2.24, 2.45) is 10.7 Å². The molecule has 0 atom stereocenters. The van der Waals surface area contributed by atoms with E-state index in [1.807, 2.05) is 4.90 Å². The van der Waals surface area contributed by atoms with Gasteiger partial charge in [-0.2, -0.15) is 0 Å². The van der Waals surface area contributed by atoms with Gasteiger partial charge in [-0.15, -0.1) is 0 Å². The van der Waals surface area contributed by atoms with Crippen LogP contribution in [0.15, 0.2) is 64.8 Å². The van der Waals surface area contributed by atoms with E-state index in [0.29, 0.717) is 19.6 Å². The van der Waals surface area contributed by atoms with Crippen LogP contribution in [0.25, 0.3) is 0 Å². The monoisotopic (exact) mass is 527 g/mol. The van der Waals surface area contributed by atoms with Crippen molar-refractivity contribution in [2.45, 2.75) is 26.1 Å². The molecule has 2 aromatic carbocycles. The summed E-state index contributed by atoms with van der Waals surface area (Å²) in [7, 11) is 0. The number of aliphatic imine (C=N–C) groups is 1. The lowest BCUT2D eigenvalue weighted by atomic mass is 9.99. The Morgan fingerprint density at radius 3 is 2.61 bits per heavy atom. The Hall–Kier alpha value is -2.23. The Labute approximate surface area is 196 Å². The zero-order valence-corrected chi connectivity index (χ0v) is 19.6. The number of benzene rings is 2. The number of fused-ring (bicyclic) bond motifs is 2. The highest BCUT2D eigenvalue weighted by atomic mass is 127. The molecule has 3 heterocycles. The van der Waals surface area contributed by atoms with Crippen LogP contribution < -0.4 is 5.73 Å². The molecule has 0 unspecified atom stereocenters. The molecule has 160 valence electrons. The van der Waals surface area contributed by atoms with Crippen LogP contribution in [0.5, 0.6) is 0 Å². The van der Waals surface area contributed by atoms with Crippen LogP contribution in [0, 0.1) is 3.57 Å². The topological polar surface area (TPSA) is 65.2 Å². The second-order valence-electron chi connectivity index (χ2n) is 8.26. The molecule has 1 amide bonds. The Morgan fingerprint density at radius 2 is 1.81 bits per heavy atom. The first-order valence-corrected chi connectivity index (χ1v) is 11.8. The molecule has 31 heavy (non-hydrogen) atoms. The van der Waals surface area contributed by atoms with Gasteiger partial charge in [-0.1, -0.05) is 36.4 Å². The van der Waals surface area contributed by atoms with Gasteiger partial charge in [0, 0.05) is 48.4 Å². The third kappa shape index (κ3) is 4.14. The summed E-state index contributed by atoms with van der Waals surface area (Å²) in [6.45, 7) is 5.16. The lowest BCUT2D eigenvalue weighted by molar-refractivity contribution is -0.125. The molecule has 3 aliphatic heterocycles. The second-order valence-corrected chi connectivity index (χ2v) is 9.51. The van der Waals surface area contributed by atoms with Crippen molar-refractivity contribution in [3.8, 4) is 0 Å². The first-order valence-electron chi connectivity index (χ1n) is 10.7. The Kier molecular flexibility index (Phi) is 5.81. The molecule has 2 aromatic rings. The number of halogens is 1. The van der Waals surface area contributed by atoms with Gasteiger partial charge in [-0.25, -0.2) is 0 Å². The third-order valence-corrected chi connectivity index (χ3v) is 6.89. The van der Waals surface area contributed by atoms with Crippen LogP contribution in [-0.4, -0.2) is 52.7 Å². The van der Waals surface area contributed by atoms with Crippen molar-refractivity contribution < 1.29 is 4.79 Å². The number of nitrogens with two attached hydrogens (primary N) is 1. The van der Waals surface area contributed by atoms with Gasteiger partial charge in [-0.05, 0) is 51.4 Å². The highest BCUT2D eigenvalue weighted by Gasteiger charge is 2.40. The fourth-order valence-corrected chi connectivity index (χ4v) is 5.00. The van der Waals surface area contributed by atoms with E-state index in [9.17, 15) is 4.79 Å². The molecule has 0 saturated carbocycles. The van der Waals surface area contributed by atoms with Crippen LogP contribution in [-0.2, 0) is 24.4 Å². The first-order chi connectivity index (χ1) is 15.1. The average molecular weight is 527 g/mol. The van der Waals surface area contributed by atoms with Gasteiger partial charge in [0.15, 0.2) is 0 Å². The van der Waals surface area contributed by atoms with E-state index in [2.05, 4.69) is 85.9 Å². The minimum absolute atomic E-state index is 0.103. The van der Waals surface area contributed by atoms with Crippen molar-refractivity contribution in [1.29, 1.82) is 0 Å². The Morgan fingerprint density at radius 1 is 1.00 bits per heavy atom. The maximum atomic E-state index is 13.6. The number of rotatable bonds is 5. The standard InChI is InChI=1S/C24H26IN5O/c25-20-6-4-17(5-7-20)15-30-23(31)21-16-28(14-19-3-1-2-18(12-19)13-26)10-8-22(21)29-11-9-27-24(29)30/h1-7,12H,8-11,13-16,26H2. The van der Waals surface area contributed by atoms with E-state index in [4.69, 9.17) is 5.73 Å². The maximum Gasteiger partial charge on any atom is 0.259 e. The molecule has 0 saturated heterocycles. The molecule has 0 spiro atoms. The molecule has 0 radical (unpaired) electrons. The zero-order valence-electron chi connectivity index (χ0n) is 17.4. The van der Waals surface area contributed by atoms with Gasteiger partial charge >= 0.3 is 0 Å². The predicted molar refractivity (Wildman–Crippen MR) is 130 cm³/mol. The van der Waals surface area contributed by atoms with Gasteiger partial charge in [0.1, 0.15) is 0 Å². The lowest BCUT2D eigenvalue weighted by Gasteiger charge is -2.42. The largest absolute Gasteiger partial charge is 0.326 e. The number of amides is 1. The number of guanidine groups is 1. The Bertz CT molecular complexity index is 1060. The fourth-order valence-electron chi connectivity index (χ4n) is 4.64. The van der Waals surface area contributed by atoms with Crippen molar-refractivity contribution in [2.75, 3.05) is 26.2 Å². The van der Waals surface area contributed by atoms with E-state index < -0.39 is 0 Å². The summed E-state index contributed by atoms with van der Waals surface area (Å²) in [5.74, 6) is 0.928. The summed E-state index contributed by atoms with van der Waals surface area (Å²) in [6, 6.07) is 16.8. The summed E-state index contributed by atoms with van der Waals surface area (Å²) in [6.07, 6.45) is 0.883. The number of carbonyl (C=O) groups is 1. The molecular weight excluding hydrogens is 501 g/mol. The van der Waals surface area contributed by atoms with Gasteiger partial charge in [0.2, 0.25) is 5.96 Å². The summed E-state index contributed by atoms with van der Waals surface area (Å²) < 4.78 is 1.19. The summed E-state index contributed by atoms with van der Waals surface area (Å²) >= 11 is 2.30. The fraction of sp³-hybridized carbons (Fsp3) is 0.333. The number of carbonyl (C=O) groups excluding carboxylic acids is 1. The molecule has 3 aliphatic rings. The van der Waals surface area contributed by atoms with Gasteiger partial charge in [0.25, 0.3) is 5.91 Å². The second kappa shape index (κ2) is 8.72. The van der Waals surface area contributed by atoms with E-state index in [1.54, 1.807) is 0 Å².